The first-order chi connectivity index (χ1) is 15.8. The number of nitrogens with one attached hydrogen (secondary N) is 1. The third-order valence-corrected chi connectivity index (χ3v) is 5.28. The second kappa shape index (κ2) is 8.70. The molecule has 0 aliphatic carbocycles. The van der Waals surface area contributed by atoms with E-state index in [0.29, 0.717) is 5.56 Å². The van der Waals surface area contributed by atoms with Gasteiger partial charge in [-0.05, 0) is 35.9 Å². The van der Waals surface area contributed by atoms with Crippen LogP contribution in [0.3, 0.4) is 0 Å². The maximum absolute atomic E-state index is 12.4. The number of fused-ring (bicyclic) bond motifs is 1. The molecule has 2 heterocycles. The topological polar surface area (TPSA) is 59.3 Å². The first-order valence-electron chi connectivity index (χ1n) is 10.3. The van der Waals surface area contributed by atoms with E-state index in [1.807, 2.05) is 48.5 Å². The molecule has 5 nitrogen and oxygen atoms in total. The van der Waals surface area contributed by atoms with Crippen molar-refractivity contribution < 1.29 is 4.79 Å². The predicted octanol–water partition coefficient (Wildman–Crippen LogP) is 5.46. The molecular formula is C27H20N4O. The molecule has 154 valence electrons. The minimum Gasteiger partial charge on any atom is -0.309 e. The summed E-state index contributed by atoms with van der Waals surface area (Å²) < 4.78 is 2.23. The van der Waals surface area contributed by atoms with Crippen LogP contribution in [-0.4, -0.2) is 21.7 Å². The molecule has 3 aromatic carbocycles. The summed E-state index contributed by atoms with van der Waals surface area (Å²) in [4.78, 5) is 16.4. The molecule has 0 unspecified atom stereocenters. The van der Waals surface area contributed by atoms with Crippen LogP contribution in [0.2, 0.25) is 0 Å². The van der Waals surface area contributed by atoms with Gasteiger partial charge in [0, 0.05) is 34.6 Å². The number of hydrogen-bond donors (Lipinski definition) is 1. The van der Waals surface area contributed by atoms with E-state index in [0.717, 1.165) is 33.4 Å². The fourth-order valence-electron chi connectivity index (χ4n) is 3.84. The molecule has 0 atom stereocenters. The SMILES string of the molecule is O=C(NN=Cc1c(-c2ccccc2)n(-c2ccccc2)c2ccccc12)c1ccncc1. The molecule has 1 amide bonds. The Kier molecular flexibility index (Phi) is 5.29. The van der Waals surface area contributed by atoms with Crippen molar-refractivity contribution in [1.29, 1.82) is 0 Å². The second-order valence-electron chi connectivity index (χ2n) is 7.25. The Morgan fingerprint density at radius 1 is 0.812 bits per heavy atom. The predicted molar refractivity (Wildman–Crippen MR) is 128 cm³/mol. The molecular weight excluding hydrogens is 396 g/mol. The number of hydrazone groups is 1. The van der Waals surface area contributed by atoms with Gasteiger partial charge in [-0.2, -0.15) is 5.10 Å². The molecule has 0 saturated carbocycles. The Hall–Kier alpha value is -4.51. The van der Waals surface area contributed by atoms with Gasteiger partial charge >= 0.3 is 0 Å². The average molecular weight is 416 g/mol. The van der Waals surface area contributed by atoms with E-state index >= 15 is 0 Å². The van der Waals surface area contributed by atoms with E-state index in [2.05, 4.69) is 56.5 Å². The van der Waals surface area contributed by atoms with Crippen LogP contribution in [0.5, 0.6) is 0 Å². The van der Waals surface area contributed by atoms with E-state index in [4.69, 9.17) is 0 Å². The van der Waals surface area contributed by atoms with Crippen LogP contribution in [-0.2, 0) is 0 Å². The molecule has 5 aromatic rings. The summed E-state index contributed by atoms with van der Waals surface area (Å²) >= 11 is 0. The molecule has 0 radical (unpaired) electrons. The van der Waals surface area contributed by atoms with E-state index < -0.39 is 0 Å². The molecule has 0 bridgehead atoms. The number of amides is 1. The zero-order valence-corrected chi connectivity index (χ0v) is 17.2. The van der Waals surface area contributed by atoms with Crippen molar-refractivity contribution in [3.63, 3.8) is 0 Å². The lowest BCUT2D eigenvalue weighted by molar-refractivity contribution is 0.0955. The maximum atomic E-state index is 12.4. The lowest BCUT2D eigenvalue weighted by atomic mass is 10.1. The van der Waals surface area contributed by atoms with Crippen molar-refractivity contribution >= 4 is 23.0 Å². The Morgan fingerprint density at radius 2 is 1.47 bits per heavy atom. The lowest BCUT2D eigenvalue weighted by Crippen LogP contribution is -2.17. The number of nitrogens with zero attached hydrogens (tertiary/aromatic N) is 3. The molecule has 5 heteroatoms. The zero-order chi connectivity index (χ0) is 21.8. The summed E-state index contributed by atoms with van der Waals surface area (Å²) in [5, 5.41) is 5.36. The van der Waals surface area contributed by atoms with Gasteiger partial charge in [-0.1, -0.05) is 66.7 Å². The largest absolute Gasteiger partial charge is 0.309 e. The minimum atomic E-state index is -0.281. The molecule has 0 aliphatic heterocycles. The maximum Gasteiger partial charge on any atom is 0.271 e. The van der Waals surface area contributed by atoms with E-state index in [1.54, 1.807) is 30.7 Å². The standard InChI is InChI=1S/C27H20N4O/c32-27(21-15-17-28-18-16-21)30-29-19-24-23-13-7-8-14-25(23)31(22-11-5-2-6-12-22)26(24)20-9-3-1-4-10-20/h1-19H,(H,30,32). The van der Waals surface area contributed by atoms with Crippen molar-refractivity contribution in [2.24, 2.45) is 5.10 Å². The van der Waals surface area contributed by atoms with Gasteiger partial charge in [0.1, 0.15) is 0 Å². The molecule has 32 heavy (non-hydrogen) atoms. The van der Waals surface area contributed by atoms with Crippen LogP contribution in [0.15, 0.2) is 115 Å². The molecule has 0 saturated heterocycles. The third kappa shape index (κ3) is 3.68. The highest BCUT2D eigenvalue weighted by Gasteiger charge is 2.18. The minimum absolute atomic E-state index is 0.281. The number of benzene rings is 3. The number of carbonyl (C=O) groups excluding carboxylic acids is 1. The zero-order valence-electron chi connectivity index (χ0n) is 17.2. The van der Waals surface area contributed by atoms with Gasteiger partial charge in [0.25, 0.3) is 5.91 Å². The molecule has 2 aromatic heterocycles. The number of para-hydroxylation sites is 2. The second-order valence-corrected chi connectivity index (χ2v) is 7.25. The number of carbonyl (C=O) groups is 1. The van der Waals surface area contributed by atoms with Crippen molar-refractivity contribution in [3.05, 3.63) is 121 Å². The van der Waals surface area contributed by atoms with Crippen LogP contribution in [0.1, 0.15) is 15.9 Å². The molecule has 0 aliphatic rings. The summed E-state index contributed by atoms with van der Waals surface area (Å²) in [5.74, 6) is -0.281. The van der Waals surface area contributed by atoms with Crippen LogP contribution < -0.4 is 5.43 Å². The first kappa shape index (κ1) is 19.5. The van der Waals surface area contributed by atoms with Crippen molar-refractivity contribution in [1.82, 2.24) is 15.0 Å². The Morgan fingerprint density at radius 3 is 2.22 bits per heavy atom. The van der Waals surface area contributed by atoms with E-state index in [9.17, 15) is 4.79 Å². The highest BCUT2D eigenvalue weighted by atomic mass is 16.2. The van der Waals surface area contributed by atoms with Crippen LogP contribution >= 0.6 is 0 Å². The molecule has 5 rings (SSSR count). The molecule has 0 spiro atoms. The smallest absolute Gasteiger partial charge is 0.271 e. The normalized spacial score (nSPS) is 11.1. The average Bonchev–Trinajstić information content (AvgIpc) is 3.20. The van der Waals surface area contributed by atoms with Gasteiger partial charge in [-0.25, -0.2) is 5.43 Å². The molecule has 1 N–H and O–H groups in total. The summed E-state index contributed by atoms with van der Waals surface area (Å²) in [5.41, 5.74) is 8.28. The Labute approximate surface area is 185 Å². The van der Waals surface area contributed by atoms with Gasteiger partial charge in [-0.3, -0.25) is 9.78 Å². The number of rotatable bonds is 5. The van der Waals surface area contributed by atoms with E-state index in [-0.39, 0.29) is 5.91 Å². The first-order valence-corrected chi connectivity index (χ1v) is 10.3. The number of pyridine rings is 1. The lowest BCUT2D eigenvalue weighted by Gasteiger charge is -2.12. The fraction of sp³-hybridized carbons (Fsp3) is 0. The Balaban J connectivity index is 1.66. The number of aromatic nitrogens is 2. The summed E-state index contributed by atoms with van der Waals surface area (Å²) in [6.45, 7) is 0. The van der Waals surface area contributed by atoms with Gasteiger partial charge in [0.15, 0.2) is 0 Å². The third-order valence-electron chi connectivity index (χ3n) is 5.28. The van der Waals surface area contributed by atoms with Gasteiger partial charge in [-0.15, -0.1) is 0 Å². The summed E-state index contributed by atoms with van der Waals surface area (Å²) in [7, 11) is 0. The van der Waals surface area contributed by atoms with Crippen LogP contribution in [0.25, 0.3) is 27.8 Å². The summed E-state index contributed by atoms with van der Waals surface area (Å²) in [6, 6.07) is 32.0. The highest BCUT2D eigenvalue weighted by Crippen LogP contribution is 2.35. The van der Waals surface area contributed by atoms with Crippen LogP contribution in [0, 0.1) is 0 Å². The van der Waals surface area contributed by atoms with Crippen molar-refractivity contribution in [2.45, 2.75) is 0 Å². The van der Waals surface area contributed by atoms with Crippen molar-refractivity contribution in [2.75, 3.05) is 0 Å². The molecule has 0 fully saturated rings. The number of hydrogen-bond acceptors (Lipinski definition) is 3. The van der Waals surface area contributed by atoms with Gasteiger partial charge in [0.05, 0.1) is 17.4 Å². The fourth-order valence-corrected chi connectivity index (χ4v) is 3.84. The quantitative estimate of drug-likeness (QED) is 0.306. The highest BCUT2D eigenvalue weighted by molar-refractivity contribution is 6.07. The van der Waals surface area contributed by atoms with E-state index in [1.165, 1.54) is 0 Å². The monoisotopic (exact) mass is 416 g/mol. The Bertz CT molecular complexity index is 1390. The van der Waals surface area contributed by atoms with Gasteiger partial charge in [0.2, 0.25) is 0 Å². The summed E-state index contributed by atoms with van der Waals surface area (Å²) in [6.07, 6.45) is 4.89. The van der Waals surface area contributed by atoms with Gasteiger partial charge < -0.3 is 4.57 Å². The van der Waals surface area contributed by atoms with Crippen molar-refractivity contribution in [3.8, 4) is 16.9 Å². The van der Waals surface area contributed by atoms with Crippen LogP contribution in [0.4, 0.5) is 0 Å².